The lowest BCUT2D eigenvalue weighted by atomic mass is 9.89. The first kappa shape index (κ1) is 39.2. The highest BCUT2D eigenvalue weighted by Crippen LogP contribution is 2.42. The van der Waals surface area contributed by atoms with E-state index in [0.29, 0.717) is 57.9 Å². The van der Waals surface area contributed by atoms with Crippen LogP contribution in [0.4, 0.5) is 11.4 Å². The number of amides is 2. The largest absolute Gasteiger partial charge is 0.507 e. The Hall–Kier alpha value is -5.54. The number of rotatable bonds is 13. The summed E-state index contributed by atoms with van der Waals surface area (Å²) >= 11 is 0. The lowest BCUT2D eigenvalue weighted by Gasteiger charge is -2.37. The number of carbonyl (C=O) groups excluding carboxylic acids is 2. The normalized spacial score (nSPS) is 16.4. The lowest BCUT2D eigenvalue weighted by molar-refractivity contribution is 0.0956. The van der Waals surface area contributed by atoms with E-state index >= 15 is 0 Å². The Morgan fingerprint density at radius 1 is 0.709 bits per heavy atom. The molecular weight excluding hydrogens is 704 g/mol. The molecule has 7 N–H and O–H groups in total. The fourth-order valence-corrected chi connectivity index (χ4v) is 7.49. The molecule has 2 unspecified atom stereocenters. The molecule has 14 heteroatoms. The molecule has 292 valence electrons. The third-order valence-electron chi connectivity index (χ3n) is 10.5. The number of aromatic hydroxyl groups is 2. The lowest BCUT2D eigenvalue weighted by Crippen LogP contribution is -2.47. The van der Waals surface area contributed by atoms with Gasteiger partial charge in [-0.15, -0.1) is 0 Å². The van der Waals surface area contributed by atoms with Crippen LogP contribution in [-0.4, -0.2) is 129 Å². The molecule has 0 aromatic heterocycles. The van der Waals surface area contributed by atoms with E-state index in [1.54, 1.807) is 20.3 Å². The number of primary amides is 1. The van der Waals surface area contributed by atoms with Crippen LogP contribution in [0.15, 0.2) is 72.8 Å². The number of aliphatic hydroxyl groups excluding tert-OH is 2. The van der Waals surface area contributed by atoms with E-state index in [1.165, 1.54) is 25.2 Å². The number of carbonyl (C=O) groups is 2. The summed E-state index contributed by atoms with van der Waals surface area (Å²) in [4.78, 5) is 34.1. The molecule has 0 saturated carbocycles. The molecule has 0 aliphatic carbocycles. The second kappa shape index (κ2) is 17.3. The number of nitrogens with one attached hydrogen (secondary N) is 1. The first-order valence-corrected chi connectivity index (χ1v) is 18.4. The molecule has 55 heavy (non-hydrogen) atoms. The highest BCUT2D eigenvalue weighted by molar-refractivity contribution is 6.01. The van der Waals surface area contributed by atoms with Crippen molar-refractivity contribution in [2.75, 3.05) is 96.5 Å². The maximum Gasteiger partial charge on any atom is 0.254 e. The first-order chi connectivity index (χ1) is 26.5. The van der Waals surface area contributed by atoms with Gasteiger partial charge in [-0.3, -0.25) is 19.4 Å². The van der Waals surface area contributed by atoms with Crippen molar-refractivity contribution in [3.8, 4) is 34.1 Å². The molecule has 0 bridgehead atoms. The molecule has 0 radical (unpaired) electrons. The molecule has 0 spiro atoms. The zero-order chi connectivity index (χ0) is 39.2. The Kier molecular flexibility index (Phi) is 12.3. The van der Waals surface area contributed by atoms with E-state index in [4.69, 9.17) is 15.2 Å². The number of benzene rings is 4. The fraction of sp³-hybridized carbons (Fsp3) is 0.366. The van der Waals surface area contributed by atoms with Crippen LogP contribution in [0, 0.1) is 0 Å². The van der Waals surface area contributed by atoms with Gasteiger partial charge in [-0.05, 0) is 65.2 Å². The van der Waals surface area contributed by atoms with E-state index in [1.807, 2.05) is 48.5 Å². The van der Waals surface area contributed by atoms with Crippen LogP contribution >= 0.6 is 0 Å². The summed E-state index contributed by atoms with van der Waals surface area (Å²) in [6, 6.07) is 21.2. The predicted molar refractivity (Wildman–Crippen MR) is 210 cm³/mol. The summed E-state index contributed by atoms with van der Waals surface area (Å²) in [5.74, 6) is -0.784. The van der Waals surface area contributed by atoms with Crippen molar-refractivity contribution in [1.82, 2.24) is 15.1 Å². The minimum absolute atomic E-state index is 0.0949. The van der Waals surface area contributed by atoms with Gasteiger partial charge in [-0.1, -0.05) is 24.3 Å². The molecule has 14 nitrogen and oxygen atoms in total. The Morgan fingerprint density at radius 3 is 1.71 bits per heavy atom. The van der Waals surface area contributed by atoms with Crippen LogP contribution < -0.4 is 30.3 Å². The summed E-state index contributed by atoms with van der Waals surface area (Å²) in [6.45, 7) is 5.74. The maximum absolute atomic E-state index is 13.1. The van der Waals surface area contributed by atoms with E-state index in [2.05, 4.69) is 24.9 Å². The molecule has 4 aromatic rings. The van der Waals surface area contributed by atoms with Crippen LogP contribution in [0.25, 0.3) is 11.1 Å². The fourth-order valence-electron chi connectivity index (χ4n) is 7.49. The van der Waals surface area contributed by atoms with Gasteiger partial charge in [0, 0.05) is 78.1 Å². The summed E-state index contributed by atoms with van der Waals surface area (Å²) in [6.07, 6.45) is -2.26. The van der Waals surface area contributed by atoms with Gasteiger partial charge in [-0.25, -0.2) is 0 Å². The van der Waals surface area contributed by atoms with Gasteiger partial charge < -0.3 is 50.8 Å². The van der Waals surface area contributed by atoms with E-state index < -0.39 is 35.5 Å². The average Bonchev–Trinajstić information content (AvgIpc) is 3.20. The Bertz CT molecular complexity index is 1990. The standard InChI is InChI=1S/C41H50N6O8/c1-43-41(53)31-21-26(35(49)24-44-12-16-46(17-13-44)32-8-4-6-10-37(32)54-2)20-29(39(31)51)27-23-34(48)30(40(42)52)22-28(27)36(50)25-45-14-18-47(19-15-45)33-9-5-7-11-38(33)55-3/h4-11,20-23,35-36,48-51H,12-19,24-25H2,1-3H3,(H2,42,52)(H,43,53). The summed E-state index contributed by atoms with van der Waals surface area (Å²) in [5, 5.41) is 48.5. The zero-order valence-electron chi connectivity index (χ0n) is 31.4. The number of nitrogens with two attached hydrogens (primary N) is 1. The SMILES string of the molecule is CNC(=O)c1cc(C(O)CN2CCN(c3ccccc3OC)CC2)cc(-c2cc(O)c(C(N)=O)cc2C(O)CN2CCN(c3ccccc3OC)CC2)c1O. The van der Waals surface area contributed by atoms with Gasteiger partial charge in [0.05, 0.1) is 48.9 Å². The number of β-amino-alcohol motifs (C(OH)–C–C–N with tert-alkyl or cyclic N) is 2. The first-order valence-electron chi connectivity index (χ1n) is 18.4. The summed E-state index contributed by atoms with van der Waals surface area (Å²) < 4.78 is 11.1. The number of piperazine rings is 2. The van der Waals surface area contributed by atoms with Crippen LogP contribution in [0.5, 0.6) is 23.0 Å². The number of para-hydroxylation sites is 4. The number of hydrogen-bond acceptors (Lipinski definition) is 12. The number of aliphatic hydroxyl groups is 2. The van der Waals surface area contributed by atoms with Crippen molar-refractivity contribution < 1.29 is 39.5 Å². The molecule has 2 aliphatic rings. The number of ether oxygens (including phenoxy) is 2. The highest BCUT2D eigenvalue weighted by atomic mass is 16.5. The van der Waals surface area contributed by atoms with E-state index in [-0.39, 0.29) is 40.9 Å². The molecule has 6 rings (SSSR count). The average molecular weight is 755 g/mol. The van der Waals surface area contributed by atoms with Crippen molar-refractivity contribution in [3.63, 3.8) is 0 Å². The van der Waals surface area contributed by atoms with Crippen molar-refractivity contribution in [3.05, 3.63) is 95.1 Å². The maximum atomic E-state index is 13.1. The topological polar surface area (TPSA) is 185 Å². The minimum atomic E-state index is -1.19. The summed E-state index contributed by atoms with van der Waals surface area (Å²) in [7, 11) is 4.72. The number of anilines is 2. The van der Waals surface area contributed by atoms with Gasteiger partial charge >= 0.3 is 0 Å². The molecule has 2 atom stereocenters. The number of phenols is 2. The van der Waals surface area contributed by atoms with Crippen molar-refractivity contribution in [2.24, 2.45) is 5.73 Å². The molecule has 2 heterocycles. The van der Waals surface area contributed by atoms with Crippen molar-refractivity contribution in [2.45, 2.75) is 12.2 Å². The quantitative estimate of drug-likeness (QED) is 0.118. The second-order valence-corrected chi connectivity index (χ2v) is 13.8. The van der Waals surface area contributed by atoms with E-state index in [9.17, 15) is 30.0 Å². The van der Waals surface area contributed by atoms with Crippen LogP contribution in [-0.2, 0) is 0 Å². The number of nitrogens with zero attached hydrogens (tertiary/aromatic N) is 4. The number of hydrogen-bond donors (Lipinski definition) is 6. The molecule has 2 amide bonds. The third kappa shape index (κ3) is 8.57. The van der Waals surface area contributed by atoms with Crippen LogP contribution in [0.2, 0.25) is 0 Å². The van der Waals surface area contributed by atoms with Crippen LogP contribution in [0.3, 0.4) is 0 Å². The van der Waals surface area contributed by atoms with Crippen molar-refractivity contribution in [1.29, 1.82) is 0 Å². The summed E-state index contributed by atoms with van der Waals surface area (Å²) in [5.41, 5.74) is 8.15. The van der Waals surface area contributed by atoms with Crippen LogP contribution in [0.1, 0.15) is 44.1 Å². The Morgan fingerprint density at radius 2 is 1.22 bits per heavy atom. The monoisotopic (exact) mass is 754 g/mol. The molecule has 2 aliphatic heterocycles. The minimum Gasteiger partial charge on any atom is -0.507 e. The molecule has 2 saturated heterocycles. The Labute approximate surface area is 320 Å². The van der Waals surface area contributed by atoms with Gasteiger partial charge in [0.25, 0.3) is 11.8 Å². The highest BCUT2D eigenvalue weighted by Gasteiger charge is 2.29. The van der Waals surface area contributed by atoms with Gasteiger partial charge in [0.1, 0.15) is 23.0 Å². The number of phenolic OH excluding ortho intramolecular Hbond substituents is 1. The smallest absolute Gasteiger partial charge is 0.254 e. The number of methoxy groups -OCH3 is 2. The Balaban J connectivity index is 1.26. The zero-order valence-corrected chi connectivity index (χ0v) is 31.4. The van der Waals surface area contributed by atoms with Crippen molar-refractivity contribution >= 4 is 23.2 Å². The van der Waals surface area contributed by atoms with E-state index in [0.717, 1.165) is 22.9 Å². The molecule has 4 aromatic carbocycles. The predicted octanol–water partition coefficient (Wildman–Crippen LogP) is 2.95. The third-order valence-corrected chi connectivity index (χ3v) is 10.5. The van der Waals surface area contributed by atoms with Gasteiger partial charge in [0.2, 0.25) is 0 Å². The second-order valence-electron chi connectivity index (χ2n) is 13.8. The van der Waals surface area contributed by atoms with Gasteiger partial charge in [-0.2, -0.15) is 0 Å². The molecule has 2 fully saturated rings. The molecular formula is C41H50N6O8. The van der Waals surface area contributed by atoms with Gasteiger partial charge in [0.15, 0.2) is 0 Å².